The van der Waals surface area contributed by atoms with Crippen molar-refractivity contribution in [3.05, 3.63) is 47.5 Å². The third kappa shape index (κ3) is 2.96. The second-order valence-electron chi connectivity index (χ2n) is 4.87. The summed E-state index contributed by atoms with van der Waals surface area (Å²) in [5.41, 5.74) is 1.34. The van der Waals surface area contributed by atoms with E-state index < -0.39 is 0 Å². The highest BCUT2D eigenvalue weighted by Gasteiger charge is 2.17. The first-order valence-electron chi connectivity index (χ1n) is 6.54. The zero-order valence-corrected chi connectivity index (χ0v) is 11.2. The van der Waals surface area contributed by atoms with Crippen molar-refractivity contribution in [2.75, 3.05) is 0 Å². The summed E-state index contributed by atoms with van der Waals surface area (Å²) in [6.07, 6.45) is 1.25. The number of phenolic OH excluding ortho intramolecular Hbond substituents is 4. The number of benzene rings is 2. The average Bonchev–Trinajstić information content (AvgIpc) is 2.40. The van der Waals surface area contributed by atoms with Crippen LogP contribution in [0.1, 0.15) is 30.4 Å². The highest BCUT2D eigenvalue weighted by Crippen LogP contribution is 2.35. The van der Waals surface area contributed by atoms with Crippen LogP contribution in [0.3, 0.4) is 0 Å². The molecule has 0 aliphatic heterocycles. The first-order valence-corrected chi connectivity index (χ1v) is 6.54. The number of hydrogen-bond acceptors (Lipinski definition) is 4. The quantitative estimate of drug-likeness (QED) is 0.645. The molecule has 20 heavy (non-hydrogen) atoms. The lowest BCUT2D eigenvalue weighted by molar-refractivity contribution is 0.435. The van der Waals surface area contributed by atoms with Crippen LogP contribution in [0, 0.1) is 0 Å². The van der Waals surface area contributed by atoms with E-state index in [1.165, 1.54) is 30.3 Å². The van der Waals surface area contributed by atoms with Gasteiger partial charge in [0.1, 0.15) is 23.0 Å². The van der Waals surface area contributed by atoms with Crippen molar-refractivity contribution in [1.29, 1.82) is 0 Å². The monoisotopic (exact) mass is 274 g/mol. The molecule has 0 aliphatic rings. The Hall–Kier alpha value is -2.36. The molecule has 4 heteroatoms. The Morgan fingerprint density at radius 2 is 1.50 bits per heavy atom. The van der Waals surface area contributed by atoms with Crippen molar-refractivity contribution in [2.45, 2.75) is 25.7 Å². The van der Waals surface area contributed by atoms with Gasteiger partial charge in [-0.1, -0.05) is 13.0 Å². The summed E-state index contributed by atoms with van der Waals surface area (Å²) in [6.45, 7) is 1.98. The Morgan fingerprint density at radius 3 is 2.15 bits per heavy atom. The predicted molar refractivity (Wildman–Crippen MR) is 76.3 cm³/mol. The summed E-state index contributed by atoms with van der Waals surface area (Å²) in [6, 6.07) is 8.92. The topological polar surface area (TPSA) is 80.9 Å². The molecule has 2 aromatic carbocycles. The second kappa shape index (κ2) is 5.74. The van der Waals surface area contributed by atoms with Crippen molar-refractivity contribution in [2.24, 2.45) is 0 Å². The lowest BCUT2D eigenvalue weighted by atomic mass is 9.89. The lowest BCUT2D eigenvalue weighted by Crippen LogP contribution is -2.02. The minimum absolute atomic E-state index is 0.0108. The van der Waals surface area contributed by atoms with Crippen LogP contribution in [0.4, 0.5) is 0 Å². The van der Waals surface area contributed by atoms with E-state index >= 15 is 0 Å². The van der Waals surface area contributed by atoms with Gasteiger partial charge in [0.2, 0.25) is 0 Å². The largest absolute Gasteiger partial charge is 0.508 e. The van der Waals surface area contributed by atoms with E-state index in [1.807, 2.05) is 6.92 Å². The molecule has 0 heterocycles. The van der Waals surface area contributed by atoms with E-state index in [0.29, 0.717) is 17.5 Å². The van der Waals surface area contributed by atoms with Gasteiger partial charge in [-0.25, -0.2) is 0 Å². The van der Waals surface area contributed by atoms with E-state index in [9.17, 15) is 20.4 Å². The molecule has 4 N–H and O–H groups in total. The number of rotatable bonds is 4. The van der Waals surface area contributed by atoms with Gasteiger partial charge in [0.25, 0.3) is 0 Å². The zero-order valence-electron chi connectivity index (χ0n) is 11.2. The van der Waals surface area contributed by atoms with Crippen LogP contribution in [0.15, 0.2) is 36.4 Å². The van der Waals surface area contributed by atoms with E-state index in [4.69, 9.17) is 0 Å². The maximum atomic E-state index is 9.92. The summed E-state index contributed by atoms with van der Waals surface area (Å²) < 4.78 is 0. The van der Waals surface area contributed by atoms with Crippen LogP contribution in [-0.2, 0) is 6.42 Å². The van der Waals surface area contributed by atoms with Gasteiger partial charge in [0, 0.05) is 6.07 Å². The molecular formula is C16H18O4. The van der Waals surface area contributed by atoms with Crippen molar-refractivity contribution in [3.63, 3.8) is 0 Å². The van der Waals surface area contributed by atoms with Crippen molar-refractivity contribution < 1.29 is 20.4 Å². The van der Waals surface area contributed by atoms with Gasteiger partial charge in [0.05, 0.1) is 0 Å². The van der Waals surface area contributed by atoms with Gasteiger partial charge >= 0.3 is 0 Å². The van der Waals surface area contributed by atoms with Crippen LogP contribution in [0.2, 0.25) is 0 Å². The second-order valence-corrected chi connectivity index (χ2v) is 4.87. The van der Waals surface area contributed by atoms with Crippen molar-refractivity contribution in [3.8, 4) is 23.0 Å². The highest BCUT2D eigenvalue weighted by molar-refractivity contribution is 5.44. The Kier molecular flexibility index (Phi) is 4.03. The molecule has 2 aromatic rings. The van der Waals surface area contributed by atoms with E-state index in [-0.39, 0.29) is 28.9 Å². The molecule has 1 atom stereocenters. The fraction of sp³-hybridized carbons (Fsp3) is 0.250. The maximum Gasteiger partial charge on any atom is 0.122 e. The molecule has 0 amide bonds. The van der Waals surface area contributed by atoms with Crippen molar-refractivity contribution in [1.82, 2.24) is 0 Å². The van der Waals surface area contributed by atoms with E-state index in [0.717, 1.165) is 6.42 Å². The molecule has 106 valence electrons. The van der Waals surface area contributed by atoms with Crippen LogP contribution in [0.5, 0.6) is 23.0 Å². The highest BCUT2D eigenvalue weighted by atomic mass is 16.3. The van der Waals surface area contributed by atoms with Crippen molar-refractivity contribution >= 4 is 0 Å². The molecule has 1 unspecified atom stereocenters. The normalized spacial score (nSPS) is 12.2. The molecule has 2 rings (SSSR count). The van der Waals surface area contributed by atoms with Gasteiger partial charge in [-0.2, -0.15) is 0 Å². The minimum Gasteiger partial charge on any atom is -0.508 e. The fourth-order valence-corrected chi connectivity index (χ4v) is 2.35. The SMILES string of the molecule is CCC(Cc1cc(O)ccc1O)c1ccc(O)cc1O. The summed E-state index contributed by atoms with van der Waals surface area (Å²) in [7, 11) is 0. The standard InChI is InChI=1S/C16H18O4/c1-2-10(14-5-3-13(18)9-16(14)20)7-11-8-12(17)4-6-15(11)19/h3-6,8-10,17-20H,2,7H2,1H3. The van der Waals surface area contributed by atoms with Gasteiger partial charge < -0.3 is 20.4 Å². The van der Waals surface area contributed by atoms with Gasteiger partial charge in [-0.05, 0) is 54.2 Å². The van der Waals surface area contributed by atoms with Crippen LogP contribution < -0.4 is 0 Å². The number of phenols is 4. The molecular weight excluding hydrogens is 256 g/mol. The third-order valence-electron chi connectivity index (χ3n) is 3.48. The Morgan fingerprint density at radius 1 is 0.850 bits per heavy atom. The third-order valence-corrected chi connectivity index (χ3v) is 3.48. The molecule has 0 fully saturated rings. The summed E-state index contributed by atoms with van der Waals surface area (Å²) in [4.78, 5) is 0. The minimum atomic E-state index is -0.0108. The lowest BCUT2D eigenvalue weighted by Gasteiger charge is -2.18. The van der Waals surface area contributed by atoms with Crippen LogP contribution >= 0.6 is 0 Å². The zero-order chi connectivity index (χ0) is 14.7. The van der Waals surface area contributed by atoms with Crippen LogP contribution in [0.25, 0.3) is 0 Å². The molecule has 0 aromatic heterocycles. The van der Waals surface area contributed by atoms with Gasteiger partial charge in [-0.15, -0.1) is 0 Å². The smallest absolute Gasteiger partial charge is 0.122 e. The summed E-state index contributed by atoms with van der Waals surface area (Å²) in [5.74, 6) is 0.267. The molecule has 0 saturated carbocycles. The Balaban J connectivity index is 2.31. The number of aromatic hydroxyl groups is 4. The van der Waals surface area contributed by atoms with E-state index in [1.54, 1.807) is 6.07 Å². The predicted octanol–water partition coefficient (Wildman–Crippen LogP) is 3.25. The fourth-order valence-electron chi connectivity index (χ4n) is 2.35. The molecule has 4 nitrogen and oxygen atoms in total. The summed E-state index contributed by atoms with van der Waals surface area (Å²) >= 11 is 0. The first-order chi connectivity index (χ1) is 9.51. The molecule has 0 radical (unpaired) electrons. The molecule has 0 spiro atoms. The number of hydrogen-bond donors (Lipinski definition) is 4. The molecule has 0 bridgehead atoms. The van der Waals surface area contributed by atoms with Gasteiger partial charge in [-0.3, -0.25) is 0 Å². The Labute approximate surface area is 117 Å². The maximum absolute atomic E-state index is 9.92. The Bertz CT molecular complexity index is 607. The van der Waals surface area contributed by atoms with Crippen LogP contribution in [-0.4, -0.2) is 20.4 Å². The first kappa shape index (κ1) is 14.1. The average molecular weight is 274 g/mol. The van der Waals surface area contributed by atoms with E-state index in [2.05, 4.69) is 0 Å². The molecule has 0 saturated heterocycles. The summed E-state index contributed by atoms with van der Waals surface area (Å²) in [5, 5.41) is 38.6. The van der Waals surface area contributed by atoms with Gasteiger partial charge in [0.15, 0.2) is 0 Å². The molecule has 0 aliphatic carbocycles.